The highest BCUT2D eigenvalue weighted by Crippen LogP contribution is 2.40. The van der Waals surface area contributed by atoms with E-state index in [0.717, 1.165) is 0 Å². The van der Waals surface area contributed by atoms with Crippen LogP contribution in [0.4, 0.5) is 13.2 Å². The molecule has 0 aliphatic heterocycles. The molecule has 0 saturated heterocycles. The summed E-state index contributed by atoms with van der Waals surface area (Å²) in [4.78, 5) is 17.1. The number of aryl methyl sites for hydroxylation is 1. The summed E-state index contributed by atoms with van der Waals surface area (Å²) in [5, 5.41) is 6.71. The van der Waals surface area contributed by atoms with Crippen molar-refractivity contribution in [2.75, 3.05) is 0 Å². The number of benzene rings is 1. The summed E-state index contributed by atoms with van der Waals surface area (Å²) in [6.45, 7) is 1.77. The topological polar surface area (TPSA) is 59.3 Å². The summed E-state index contributed by atoms with van der Waals surface area (Å²) in [5.74, 6) is -1.41. The lowest BCUT2D eigenvalue weighted by Crippen LogP contribution is -2.46. The summed E-state index contributed by atoms with van der Waals surface area (Å²) in [5.41, 5.74) is 2.03. The van der Waals surface area contributed by atoms with E-state index in [0.29, 0.717) is 34.8 Å². The van der Waals surface area contributed by atoms with E-state index in [2.05, 4.69) is 15.4 Å². The zero-order valence-corrected chi connectivity index (χ0v) is 15.6. The fourth-order valence-electron chi connectivity index (χ4n) is 3.20. The van der Waals surface area contributed by atoms with Crippen molar-refractivity contribution in [3.05, 3.63) is 52.8 Å². The van der Waals surface area contributed by atoms with Crippen LogP contribution >= 0.6 is 11.6 Å². The minimum absolute atomic E-state index is 0.00750. The summed E-state index contributed by atoms with van der Waals surface area (Å²) in [7, 11) is 0. The maximum Gasteiger partial charge on any atom is 0.408 e. The molecule has 5 nitrogen and oxygen atoms in total. The van der Waals surface area contributed by atoms with Gasteiger partial charge >= 0.3 is 6.18 Å². The Kier molecular flexibility index (Phi) is 4.53. The van der Waals surface area contributed by atoms with Crippen molar-refractivity contribution in [3.8, 4) is 11.3 Å². The van der Waals surface area contributed by atoms with Crippen molar-refractivity contribution in [2.24, 2.45) is 5.92 Å². The summed E-state index contributed by atoms with van der Waals surface area (Å²) >= 11 is 6.23. The van der Waals surface area contributed by atoms with Crippen molar-refractivity contribution in [3.63, 3.8) is 0 Å². The number of nitrogens with zero attached hydrogens (tertiary/aromatic N) is 3. The van der Waals surface area contributed by atoms with Gasteiger partial charge in [-0.1, -0.05) is 29.8 Å². The van der Waals surface area contributed by atoms with E-state index in [1.165, 1.54) is 10.7 Å². The number of carbonyl (C=O) groups excluding carboxylic acids is 1. The SMILES string of the molecule is Cc1cc(-c2ccccc2Cl)nc2c(C(=O)NC(C3CC3)C(F)(F)F)cnn12. The molecule has 1 N–H and O–H groups in total. The number of alkyl halides is 3. The minimum Gasteiger partial charge on any atom is -0.340 e. The highest BCUT2D eigenvalue weighted by molar-refractivity contribution is 6.33. The van der Waals surface area contributed by atoms with Crippen LogP contribution in [0.25, 0.3) is 16.9 Å². The average Bonchev–Trinajstić information content (AvgIpc) is 3.37. The van der Waals surface area contributed by atoms with Crippen molar-refractivity contribution in [2.45, 2.75) is 32.0 Å². The van der Waals surface area contributed by atoms with Crippen LogP contribution in [-0.4, -0.2) is 32.7 Å². The van der Waals surface area contributed by atoms with Gasteiger partial charge in [-0.05, 0) is 37.8 Å². The van der Waals surface area contributed by atoms with Gasteiger partial charge in [0.05, 0.1) is 11.9 Å². The first-order chi connectivity index (χ1) is 13.3. The molecule has 1 aliphatic carbocycles. The normalized spacial score (nSPS) is 15.6. The highest BCUT2D eigenvalue weighted by Gasteiger charge is 2.49. The Labute approximate surface area is 163 Å². The second kappa shape index (κ2) is 6.77. The number of halogens is 4. The van der Waals surface area contributed by atoms with Gasteiger partial charge in [0.15, 0.2) is 5.65 Å². The first kappa shape index (κ1) is 18.7. The molecule has 2 aromatic heterocycles. The second-order valence-electron chi connectivity index (χ2n) is 6.89. The number of aromatic nitrogens is 3. The van der Waals surface area contributed by atoms with Crippen molar-refractivity contribution >= 4 is 23.2 Å². The van der Waals surface area contributed by atoms with Gasteiger partial charge < -0.3 is 5.32 Å². The molecular weight excluding hydrogens is 393 g/mol. The lowest BCUT2D eigenvalue weighted by molar-refractivity contribution is -0.158. The lowest BCUT2D eigenvalue weighted by Gasteiger charge is -2.20. The molecule has 0 spiro atoms. The molecule has 1 unspecified atom stereocenters. The van der Waals surface area contributed by atoms with Crippen molar-refractivity contribution in [1.82, 2.24) is 19.9 Å². The van der Waals surface area contributed by atoms with Gasteiger partial charge in [0.2, 0.25) is 0 Å². The lowest BCUT2D eigenvalue weighted by atomic mass is 10.1. The average molecular weight is 409 g/mol. The summed E-state index contributed by atoms with van der Waals surface area (Å²) in [6.07, 6.45) is -2.35. The van der Waals surface area contributed by atoms with Gasteiger partial charge in [-0.2, -0.15) is 18.3 Å². The number of nitrogens with one attached hydrogen (secondary N) is 1. The minimum atomic E-state index is -4.49. The van der Waals surface area contributed by atoms with Crippen LogP contribution in [0.1, 0.15) is 28.9 Å². The zero-order valence-electron chi connectivity index (χ0n) is 14.8. The van der Waals surface area contributed by atoms with Gasteiger partial charge in [0.1, 0.15) is 11.6 Å². The molecule has 9 heteroatoms. The van der Waals surface area contributed by atoms with Crippen LogP contribution in [0.3, 0.4) is 0 Å². The Balaban J connectivity index is 1.74. The van der Waals surface area contributed by atoms with Crippen LogP contribution in [0.2, 0.25) is 5.02 Å². The number of hydrogen-bond acceptors (Lipinski definition) is 3. The molecule has 3 aromatic rings. The van der Waals surface area contributed by atoms with E-state index in [-0.39, 0.29) is 11.2 Å². The monoisotopic (exact) mass is 408 g/mol. The Bertz CT molecular complexity index is 1060. The molecule has 146 valence electrons. The van der Waals surface area contributed by atoms with E-state index in [1.54, 1.807) is 37.3 Å². The molecule has 28 heavy (non-hydrogen) atoms. The molecule has 1 amide bonds. The Morgan fingerprint density at radius 1 is 1.32 bits per heavy atom. The molecule has 1 saturated carbocycles. The first-order valence-corrected chi connectivity index (χ1v) is 9.11. The van der Waals surface area contributed by atoms with Crippen LogP contribution < -0.4 is 5.32 Å². The molecule has 0 radical (unpaired) electrons. The van der Waals surface area contributed by atoms with Crippen LogP contribution in [0.5, 0.6) is 0 Å². The molecule has 2 heterocycles. The quantitative estimate of drug-likeness (QED) is 0.694. The Hall–Kier alpha value is -2.61. The Morgan fingerprint density at radius 2 is 2.04 bits per heavy atom. The van der Waals surface area contributed by atoms with E-state index >= 15 is 0 Å². The maximum absolute atomic E-state index is 13.3. The van der Waals surface area contributed by atoms with Crippen molar-refractivity contribution in [1.29, 1.82) is 0 Å². The summed E-state index contributed by atoms with van der Waals surface area (Å²) < 4.78 is 41.2. The molecule has 1 aromatic carbocycles. The molecule has 0 bridgehead atoms. The predicted octanol–water partition coefficient (Wildman–Crippen LogP) is 4.43. The number of carbonyl (C=O) groups is 1. The highest BCUT2D eigenvalue weighted by atomic mass is 35.5. The number of amides is 1. The van der Waals surface area contributed by atoms with Crippen LogP contribution in [0.15, 0.2) is 36.5 Å². The van der Waals surface area contributed by atoms with Crippen molar-refractivity contribution < 1.29 is 18.0 Å². The van der Waals surface area contributed by atoms with E-state index in [1.807, 2.05) is 0 Å². The predicted molar refractivity (Wildman–Crippen MR) is 98.2 cm³/mol. The second-order valence-corrected chi connectivity index (χ2v) is 7.29. The number of rotatable bonds is 4. The van der Waals surface area contributed by atoms with Crippen LogP contribution in [0, 0.1) is 12.8 Å². The third-order valence-electron chi connectivity index (χ3n) is 4.78. The standard InChI is InChI=1S/C19H16ClF3N4O/c1-10-8-15(12-4-2-3-5-14(12)20)25-17-13(9-24-27(10)17)18(28)26-16(11-6-7-11)19(21,22)23/h2-5,8-9,11,16H,6-7H2,1H3,(H,26,28). The smallest absolute Gasteiger partial charge is 0.340 e. The maximum atomic E-state index is 13.3. The first-order valence-electron chi connectivity index (χ1n) is 8.73. The van der Waals surface area contributed by atoms with Gasteiger partial charge in [-0.25, -0.2) is 9.50 Å². The third-order valence-corrected chi connectivity index (χ3v) is 5.11. The van der Waals surface area contributed by atoms with E-state index in [4.69, 9.17) is 11.6 Å². The molecular formula is C19H16ClF3N4O. The fraction of sp³-hybridized carbons (Fsp3) is 0.316. The van der Waals surface area contributed by atoms with E-state index in [9.17, 15) is 18.0 Å². The van der Waals surface area contributed by atoms with Gasteiger partial charge in [0.25, 0.3) is 5.91 Å². The molecule has 1 aliphatic rings. The van der Waals surface area contributed by atoms with Crippen LogP contribution in [-0.2, 0) is 0 Å². The largest absolute Gasteiger partial charge is 0.408 e. The molecule has 1 fully saturated rings. The molecule has 1 atom stereocenters. The van der Waals surface area contributed by atoms with Gasteiger partial charge in [-0.3, -0.25) is 4.79 Å². The van der Waals surface area contributed by atoms with Gasteiger partial charge in [0, 0.05) is 16.3 Å². The Morgan fingerprint density at radius 3 is 2.68 bits per heavy atom. The third kappa shape index (κ3) is 3.44. The zero-order chi connectivity index (χ0) is 20.1. The number of fused-ring (bicyclic) bond motifs is 1. The summed E-state index contributed by atoms with van der Waals surface area (Å²) in [6, 6.07) is 6.98. The number of hydrogen-bond donors (Lipinski definition) is 1. The molecule has 4 rings (SSSR count). The van der Waals surface area contributed by atoms with E-state index < -0.39 is 24.0 Å². The fourth-order valence-corrected chi connectivity index (χ4v) is 3.43. The van der Waals surface area contributed by atoms with Gasteiger partial charge in [-0.15, -0.1) is 0 Å².